The Morgan fingerprint density at radius 3 is 2.40 bits per heavy atom. The summed E-state index contributed by atoms with van der Waals surface area (Å²) in [5.74, 6) is 0.140. The molecule has 0 aromatic heterocycles. The fourth-order valence-corrected chi connectivity index (χ4v) is 3.06. The Kier molecular flexibility index (Phi) is 4.48. The number of hydrogen-bond donors (Lipinski definition) is 2. The van der Waals surface area contributed by atoms with Crippen LogP contribution in [0.4, 0.5) is 0 Å². The molecule has 3 heteroatoms. The highest BCUT2D eigenvalue weighted by Gasteiger charge is 2.40. The molecule has 0 heterocycles. The van der Waals surface area contributed by atoms with Gasteiger partial charge in [0.05, 0.1) is 5.41 Å². The first-order valence-electron chi connectivity index (χ1n) is 7.54. The van der Waals surface area contributed by atoms with Crippen molar-refractivity contribution in [1.82, 2.24) is 5.32 Å². The summed E-state index contributed by atoms with van der Waals surface area (Å²) in [5.41, 5.74) is 6.73. The van der Waals surface area contributed by atoms with Gasteiger partial charge in [-0.25, -0.2) is 0 Å². The van der Waals surface area contributed by atoms with Crippen molar-refractivity contribution in [3.8, 4) is 0 Å². The van der Waals surface area contributed by atoms with Crippen LogP contribution in [-0.4, -0.2) is 19.0 Å². The summed E-state index contributed by atoms with van der Waals surface area (Å²) < 4.78 is 0. The molecule has 1 aromatic carbocycles. The number of nitrogens with one attached hydrogen (secondary N) is 1. The smallest absolute Gasteiger partial charge is 0.227 e. The predicted molar refractivity (Wildman–Crippen MR) is 82.4 cm³/mol. The number of benzene rings is 1. The standard InChI is InChI=1S/C17H26N2O/c1-16(2,14-8-4-3-5-9-14)13-19-15(20)17(12-18)10-6-7-11-17/h3-5,8-9H,6-7,10-13,18H2,1-2H3,(H,19,20). The minimum Gasteiger partial charge on any atom is -0.355 e. The topological polar surface area (TPSA) is 55.1 Å². The van der Waals surface area contributed by atoms with Crippen LogP contribution < -0.4 is 11.1 Å². The summed E-state index contributed by atoms with van der Waals surface area (Å²) in [4.78, 5) is 12.5. The van der Waals surface area contributed by atoms with Crippen LogP contribution in [0.25, 0.3) is 0 Å². The lowest BCUT2D eigenvalue weighted by Crippen LogP contribution is -2.47. The van der Waals surface area contributed by atoms with Crippen molar-refractivity contribution >= 4 is 5.91 Å². The van der Waals surface area contributed by atoms with Gasteiger partial charge >= 0.3 is 0 Å². The zero-order valence-corrected chi connectivity index (χ0v) is 12.6. The second-order valence-corrected chi connectivity index (χ2v) is 6.62. The summed E-state index contributed by atoms with van der Waals surface area (Å²) in [7, 11) is 0. The molecule has 110 valence electrons. The number of hydrogen-bond acceptors (Lipinski definition) is 2. The van der Waals surface area contributed by atoms with Gasteiger partial charge in [0.15, 0.2) is 0 Å². The Morgan fingerprint density at radius 1 is 1.25 bits per heavy atom. The number of rotatable bonds is 5. The zero-order chi connectivity index (χ0) is 14.6. The van der Waals surface area contributed by atoms with E-state index in [1.807, 2.05) is 18.2 Å². The average Bonchev–Trinajstić information content (AvgIpc) is 2.96. The minimum atomic E-state index is -0.313. The molecule has 0 saturated heterocycles. The van der Waals surface area contributed by atoms with Crippen molar-refractivity contribution < 1.29 is 4.79 Å². The predicted octanol–water partition coefficient (Wildman–Crippen LogP) is 2.60. The van der Waals surface area contributed by atoms with Crippen molar-refractivity contribution in [1.29, 1.82) is 0 Å². The molecular weight excluding hydrogens is 248 g/mol. The quantitative estimate of drug-likeness (QED) is 0.867. The van der Waals surface area contributed by atoms with Crippen LogP contribution in [0.3, 0.4) is 0 Å². The zero-order valence-electron chi connectivity index (χ0n) is 12.6. The summed E-state index contributed by atoms with van der Waals surface area (Å²) in [6.45, 7) is 5.43. The highest BCUT2D eigenvalue weighted by Crippen LogP contribution is 2.37. The van der Waals surface area contributed by atoms with E-state index < -0.39 is 0 Å². The van der Waals surface area contributed by atoms with Crippen LogP contribution in [0.5, 0.6) is 0 Å². The van der Waals surface area contributed by atoms with Crippen molar-refractivity contribution in [3.05, 3.63) is 35.9 Å². The van der Waals surface area contributed by atoms with E-state index in [1.165, 1.54) is 5.56 Å². The maximum atomic E-state index is 12.5. The first kappa shape index (κ1) is 15.0. The molecule has 20 heavy (non-hydrogen) atoms. The SMILES string of the molecule is CC(C)(CNC(=O)C1(CN)CCCC1)c1ccccc1. The van der Waals surface area contributed by atoms with Crippen LogP contribution in [0.2, 0.25) is 0 Å². The second kappa shape index (κ2) is 5.96. The number of carbonyl (C=O) groups excluding carboxylic acids is 1. The summed E-state index contributed by atoms with van der Waals surface area (Å²) >= 11 is 0. The molecular formula is C17H26N2O. The van der Waals surface area contributed by atoms with Crippen molar-refractivity contribution in [2.24, 2.45) is 11.1 Å². The van der Waals surface area contributed by atoms with Crippen LogP contribution in [0.1, 0.15) is 45.1 Å². The van der Waals surface area contributed by atoms with Gasteiger partial charge in [-0.2, -0.15) is 0 Å². The lowest BCUT2D eigenvalue weighted by Gasteiger charge is -2.30. The monoisotopic (exact) mass is 274 g/mol. The molecule has 0 atom stereocenters. The van der Waals surface area contributed by atoms with Crippen LogP contribution in [0, 0.1) is 5.41 Å². The summed E-state index contributed by atoms with van der Waals surface area (Å²) in [5, 5.41) is 3.14. The van der Waals surface area contributed by atoms with E-state index in [2.05, 4.69) is 31.3 Å². The molecule has 0 radical (unpaired) electrons. The molecule has 1 saturated carbocycles. The molecule has 0 spiro atoms. The van der Waals surface area contributed by atoms with Gasteiger partial charge in [-0.15, -0.1) is 0 Å². The van der Waals surface area contributed by atoms with Gasteiger partial charge in [0.2, 0.25) is 5.91 Å². The molecule has 1 aliphatic carbocycles. The Labute approximate surface area is 121 Å². The Balaban J connectivity index is 1.99. The van der Waals surface area contributed by atoms with Crippen molar-refractivity contribution in [2.45, 2.75) is 44.9 Å². The maximum absolute atomic E-state index is 12.5. The van der Waals surface area contributed by atoms with E-state index in [1.54, 1.807) is 0 Å². The molecule has 1 fully saturated rings. The molecule has 1 aliphatic rings. The Hall–Kier alpha value is -1.35. The maximum Gasteiger partial charge on any atom is 0.227 e. The summed E-state index contributed by atoms with van der Waals surface area (Å²) in [6, 6.07) is 10.3. The third-order valence-electron chi connectivity index (χ3n) is 4.68. The summed E-state index contributed by atoms with van der Waals surface area (Å²) in [6.07, 6.45) is 4.10. The first-order valence-corrected chi connectivity index (χ1v) is 7.54. The van der Waals surface area contributed by atoms with Gasteiger partial charge in [0.25, 0.3) is 0 Å². The second-order valence-electron chi connectivity index (χ2n) is 6.62. The van der Waals surface area contributed by atoms with E-state index in [-0.39, 0.29) is 16.7 Å². The van der Waals surface area contributed by atoms with Gasteiger partial charge < -0.3 is 11.1 Å². The van der Waals surface area contributed by atoms with Crippen molar-refractivity contribution in [2.75, 3.05) is 13.1 Å². The normalized spacial score (nSPS) is 17.9. The molecule has 3 N–H and O–H groups in total. The van der Waals surface area contributed by atoms with Gasteiger partial charge in [0.1, 0.15) is 0 Å². The van der Waals surface area contributed by atoms with E-state index in [4.69, 9.17) is 5.73 Å². The number of amides is 1. The van der Waals surface area contributed by atoms with Crippen LogP contribution >= 0.6 is 0 Å². The van der Waals surface area contributed by atoms with Gasteiger partial charge in [-0.1, -0.05) is 57.0 Å². The highest BCUT2D eigenvalue weighted by atomic mass is 16.2. The Bertz CT molecular complexity index is 447. The van der Waals surface area contributed by atoms with Crippen molar-refractivity contribution in [3.63, 3.8) is 0 Å². The lowest BCUT2D eigenvalue weighted by molar-refractivity contribution is -0.130. The largest absolute Gasteiger partial charge is 0.355 e. The third-order valence-corrected chi connectivity index (χ3v) is 4.68. The molecule has 2 rings (SSSR count). The molecule has 0 bridgehead atoms. The number of nitrogens with two attached hydrogens (primary N) is 1. The van der Waals surface area contributed by atoms with E-state index in [9.17, 15) is 4.79 Å². The molecule has 0 aliphatic heterocycles. The van der Waals surface area contributed by atoms with E-state index in [0.29, 0.717) is 13.1 Å². The van der Waals surface area contributed by atoms with Gasteiger partial charge in [0, 0.05) is 18.5 Å². The van der Waals surface area contributed by atoms with Crippen LogP contribution in [-0.2, 0) is 10.2 Å². The average molecular weight is 274 g/mol. The van der Waals surface area contributed by atoms with Gasteiger partial charge in [-0.05, 0) is 18.4 Å². The fourth-order valence-electron chi connectivity index (χ4n) is 3.06. The minimum absolute atomic E-state index is 0.0642. The molecule has 1 aromatic rings. The van der Waals surface area contributed by atoms with Gasteiger partial charge in [-0.3, -0.25) is 4.79 Å². The highest BCUT2D eigenvalue weighted by molar-refractivity contribution is 5.83. The molecule has 3 nitrogen and oxygen atoms in total. The molecule has 0 unspecified atom stereocenters. The van der Waals surface area contributed by atoms with Crippen LogP contribution in [0.15, 0.2) is 30.3 Å². The van der Waals surface area contributed by atoms with E-state index in [0.717, 1.165) is 25.7 Å². The third kappa shape index (κ3) is 3.04. The van der Waals surface area contributed by atoms with E-state index >= 15 is 0 Å². The molecule has 1 amide bonds. The lowest BCUT2D eigenvalue weighted by atomic mass is 9.82. The fraction of sp³-hybridized carbons (Fsp3) is 0.588. The Morgan fingerprint density at radius 2 is 1.85 bits per heavy atom. The first-order chi connectivity index (χ1) is 9.50. The number of carbonyl (C=O) groups is 1.